The van der Waals surface area contributed by atoms with Gasteiger partial charge in [0, 0.05) is 19.4 Å². The summed E-state index contributed by atoms with van der Waals surface area (Å²) in [5.74, 6) is 0.940. The number of benzene rings is 1. The van der Waals surface area contributed by atoms with Gasteiger partial charge in [-0.15, -0.1) is 0 Å². The lowest BCUT2D eigenvalue weighted by molar-refractivity contribution is -0.120. The number of H-pyrrole nitrogens is 1. The van der Waals surface area contributed by atoms with Crippen molar-refractivity contribution in [2.45, 2.75) is 19.8 Å². The number of nitrogens with one attached hydrogen (secondary N) is 2. The molecule has 2 N–H and O–H groups in total. The van der Waals surface area contributed by atoms with E-state index in [-0.39, 0.29) is 5.91 Å². The number of amides is 1. The molecule has 2 aromatic rings. The normalized spacial score (nSPS) is 10.6. The Kier molecular flexibility index (Phi) is 3.19. The summed E-state index contributed by atoms with van der Waals surface area (Å²) in [4.78, 5) is 18.9. The van der Waals surface area contributed by atoms with Gasteiger partial charge in [-0.1, -0.05) is 12.1 Å². The number of para-hydroxylation sites is 2. The molecule has 16 heavy (non-hydrogen) atoms. The van der Waals surface area contributed by atoms with E-state index in [2.05, 4.69) is 15.3 Å². The molecule has 0 bridgehead atoms. The van der Waals surface area contributed by atoms with Crippen LogP contribution in [0.2, 0.25) is 0 Å². The summed E-state index contributed by atoms with van der Waals surface area (Å²) in [6.45, 7) is 2.60. The van der Waals surface area contributed by atoms with Crippen molar-refractivity contribution in [3.05, 3.63) is 30.1 Å². The van der Waals surface area contributed by atoms with Gasteiger partial charge < -0.3 is 10.3 Å². The van der Waals surface area contributed by atoms with Crippen molar-refractivity contribution in [3.8, 4) is 0 Å². The first-order chi connectivity index (χ1) is 7.79. The molecule has 2 rings (SSSR count). The second-order valence-electron chi connectivity index (χ2n) is 3.65. The van der Waals surface area contributed by atoms with E-state index >= 15 is 0 Å². The van der Waals surface area contributed by atoms with Gasteiger partial charge in [0.15, 0.2) is 0 Å². The number of hydrogen-bond acceptors (Lipinski definition) is 2. The minimum Gasteiger partial charge on any atom is -0.356 e. The van der Waals surface area contributed by atoms with Crippen molar-refractivity contribution >= 4 is 16.9 Å². The largest absolute Gasteiger partial charge is 0.356 e. The van der Waals surface area contributed by atoms with Crippen LogP contribution in [0.3, 0.4) is 0 Å². The number of nitrogens with zero attached hydrogens (tertiary/aromatic N) is 1. The Morgan fingerprint density at radius 1 is 1.44 bits per heavy atom. The van der Waals surface area contributed by atoms with Gasteiger partial charge in [-0.25, -0.2) is 4.98 Å². The first-order valence-corrected chi connectivity index (χ1v) is 5.50. The molecule has 0 radical (unpaired) electrons. The number of aryl methyl sites for hydroxylation is 1. The summed E-state index contributed by atoms with van der Waals surface area (Å²) < 4.78 is 0. The zero-order chi connectivity index (χ0) is 11.4. The van der Waals surface area contributed by atoms with Gasteiger partial charge in [0.1, 0.15) is 5.82 Å². The molecule has 1 aromatic carbocycles. The average Bonchev–Trinajstić information content (AvgIpc) is 2.69. The Balaban J connectivity index is 2.02. The van der Waals surface area contributed by atoms with Gasteiger partial charge in [-0.2, -0.15) is 0 Å². The fraction of sp³-hybridized carbons (Fsp3) is 0.333. The Morgan fingerprint density at radius 3 is 3.00 bits per heavy atom. The lowest BCUT2D eigenvalue weighted by Crippen LogP contribution is -2.22. The number of rotatable bonds is 4. The second kappa shape index (κ2) is 4.79. The molecule has 1 heterocycles. The highest BCUT2D eigenvalue weighted by molar-refractivity contribution is 5.77. The van der Waals surface area contributed by atoms with Gasteiger partial charge in [0.25, 0.3) is 0 Å². The number of hydrogen-bond donors (Lipinski definition) is 2. The highest BCUT2D eigenvalue weighted by Crippen LogP contribution is 2.11. The number of fused-ring (bicyclic) bond motifs is 1. The predicted octanol–water partition coefficient (Wildman–Crippen LogP) is 1.63. The fourth-order valence-corrected chi connectivity index (χ4v) is 1.64. The zero-order valence-corrected chi connectivity index (χ0v) is 9.29. The van der Waals surface area contributed by atoms with Crippen molar-refractivity contribution in [1.82, 2.24) is 15.3 Å². The molecule has 1 amide bonds. The van der Waals surface area contributed by atoms with Gasteiger partial charge >= 0.3 is 0 Å². The van der Waals surface area contributed by atoms with E-state index in [0.717, 1.165) is 16.9 Å². The molecular formula is C12H15N3O. The lowest BCUT2D eigenvalue weighted by Gasteiger charge is -1.99. The molecular weight excluding hydrogens is 202 g/mol. The van der Waals surface area contributed by atoms with Crippen LogP contribution in [-0.2, 0) is 11.2 Å². The monoisotopic (exact) mass is 217 g/mol. The van der Waals surface area contributed by atoms with Crippen LogP contribution in [0.25, 0.3) is 11.0 Å². The number of carbonyl (C=O) groups is 1. The summed E-state index contributed by atoms with van der Waals surface area (Å²) in [7, 11) is 0. The fourth-order valence-electron chi connectivity index (χ4n) is 1.64. The lowest BCUT2D eigenvalue weighted by atomic mass is 10.3. The van der Waals surface area contributed by atoms with Crippen LogP contribution in [0.4, 0.5) is 0 Å². The molecule has 0 saturated carbocycles. The van der Waals surface area contributed by atoms with Gasteiger partial charge in [-0.3, -0.25) is 4.79 Å². The summed E-state index contributed by atoms with van der Waals surface area (Å²) >= 11 is 0. The van der Waals surface area contributed by atoms with Crippen molar-refractivity contribution in [2.24, 2.45) is 0 Å². The first kappa shape index (κ1) is 10.7. The molecule has 0 saturated heterocycles. The van der Waals surface area contributed by atoms with Crippen molar-refractivity contribution in [1.29, 1.82) is 0 Å². The molecule has 4 nitrogen and oxygen atoms in total. The van der Waals surface area contributed by atoms with E-state index in [1.54, 1.807) is 0 Å². The van der Waals surface area contributed by atoms with Gasteiger partial charge in [-0.05, 0) is 19.1 Å². The Labute approximate surface area is 94.1 Å². The third kappa shape index (κ3) is 2.39. The molecule has 4 heteroatoms. The number of imidazole rings is 1. The number of aromatic amines is 1. The molecule has 84 valence electrons. The maximum Gasteiger partial charge on any atom is 0.220 e. The van der Waals surface area contributed by atoms with Crippen LogP contribution in [0, 0.1) is 0 Å². The Hall–Kier alpha value is -1.84. The molecule has 0 spiro atoms. The minimum atomic E-state index is 0.0722. The summed E-state index contributed by atoms with van der Waals surface area (Å²) in [6.07, 6.45) is 1.13. The third-order valence-electron chi connectivity index (χ3n) is 2.40. The summed E-state index contributed by atoms with van der Waals surface area (Å²) in [5.41, 5.74) is 1.97. The zero-order valence-electron chi connectivity index (χ0n) is 9.29. The van der Waals surface area contributed by atoms with Crippen LogP contribution < -0.4 is 5.32 Å². The van der Waals surface area contributed by atoms with E-state index in [4.69, 9.17) is 0 Å². The van der Waals surface area contributed by atoms with Crippen LogP contribution in [-0.4, -0.2) is 22.4 Å². The Morgan fingerprint density at radius 2 is 2.25 bits per heavy atom. The highest BCUT2D eigenvalue weighted by Gasteiger charge is 2.04. The highest BCUT2D eigenvalue weighted by atomic mass is 16.1. The number of carbonyl (C=O) groups excluding carboxylic acids is 1. The quantitative estimate of drug-likeness (QED) is 0.817. The molecule has 0 fully saturated rings. The molecule has 0 aliphatic carbocycles. The summed E-state index contributed by atoms with van der Waals surface area (Å²) in [5, 5.41) is 2.77. The van der Waals surface area contributed by atoms with Crippen LogP contribution in [0.15, 0.2) is 24.3 Å². The third-order valence-corrected chi connectivity index (χ3v) is 2.40. The van der Waals surface area contributed by atoms with Gasteiger partial charge in [0.05, 0.1) is 11.0 Å². The van der Waals surface area contributed by atoms with E-state index < -0.39 is 0 Å². The maximum absolute atomic E-state index is 11.3. The average molecular weight is 217 g/mol. The minimum absolute atomic E-state index is 0.0722. The summed E-state index contributed by atoms with van der Waals surface area (Å²) in [6, 6.07) is 7.87. The van der Waals surface area contributed by atoms with Crippen molar-refractivity contribution < 1.29 is 4.79 Å². The predicted molar refractivity (Wildman–Crippen MR) is 63.1 cm³/mol. The SMILES string of the molecule is CCNC(=O)CCc1nc2ccccc2[nH]1. The van der Waals surface area contributed by atoms with Crippen molar-refractivity contribution in [3.63, 3.8) is 0 Å². The van der Waals surface area contributed by atoms with E-state index in [1.165, 1.54) is 0 Å². The molecule has 0 aliphatic rings. The van der Waals surface area contributed by atoms with E-state index in [9.17, 15) is 4.79 Å². The Bertz CT molecular complexity index is 457. The molecule has 0 aliphatic heterocycles. The van der Waals surface area contributed by atoms with E-state index in [0.29, 0.717) is 19.4 Å². The molecule has 1 aromatic heterocycles. The maximum atomic E-state index is 11.3. The van der Waals surface area contributed by atoms with E-state index in [1.807, 2.05) is 31.2 Å². The molecule has 0 atom stereocenters. The second-order valence-corrected chi connectivity index (χ2v) is 3.65. The smallest absolute Gasteiger partial charge is 0.220 e. The molecule has 0 unspecified atom stereocenters. The topological polar surface area (TPSA) is 57.8 Å². The number of aromatic nitrogens is 2. The standard InChI is InChI=1S/C12H15N3O/c1-2-13-12(16)8-7-11-14-9-5-3-4-6-10(9)15-11/h3-6H,2,7-8H2,1H3,(H,13,16)(H,14,15). The van der Waals surface area contributed by atoms with Crippen molar-refractivity contribution in [2.75, 3.05) is 6.54 Å². The first-order valence-electron chi connectivity index (χ1n) is 5.50. The van der Waals surface area contributed by atoms with Gasteiger partial charge in [0.2, 0.25) is 5.91 Å². The van der Waals surface area contributed by atoms with Crippen LogP contribution >= 0.6 is 0 Å². The van der Waals surface area contributed by atoms with Crippen LogP contribution in [0.1, 0.15) is 19.2 Å². The van der Waals surface area contributed by atoms with Crippen LogP contribution in [0.5, 0.6) is 0 Å².